The van der Waals surface area contributed by atoms with E-state index in [9.17, 15) is 4.79 Å². The summed E-state index contributed by atoms with van der Waals surface area (Å²) in [6.07, 6.45) is 4.59. The highest BCUT2D eigenvalue weighted by molar-refractivity contribution is 5.89. The first-order chi connectivity index (χ1) is 11.3. The number of fused-ring (bicyclic) bond motifs is 1. The summed E-state index contributed by atoms with van der Waals surface area (Å²) >= 11 is 0. The van der Waals surface area contributed by atoms with Gasteiger partial charge in [0, 0.05) is 36.8 Å². The number of hydrogen-bond acceptors (Lipinski definition) is 5. The summed E-state index contributed by atoms with van der Waals surface area (Å²) in [5.74, 6) is 0.553. The normalized spacial score (nSPS) is 15.3. The van der Waals surface area contributed by atoms with Crippen molar-refractivity contribution >= 4 is 16.9 Å². The number of ether oxygens (including phenoxy) is 2. The molecule has 0 saturated heterocycles. The summed E-state index contributed by atoms with van der Waals surface area (Å²) in [4.78, 5) is 18.2. The van der Waals surface area contributed by atoms with Crippen molar-refractivity contribution in [2.75, 3.05) is 33.4 Å². The van der Waals surface area contributed by atoms with E-state index < -0.39 is 0 Å². The maximum atomic E-state index is 11.6. The summed E-state index contributed by atoms with van der Waals surface area (Å²) < 4.78 is 10.7. The molecule has 0 spiro atoms. The highest BCUT2D eigenvalue weighted by Crippen LogP contribution is 2.22. The summed E-state index contributed by atoms with van der Waals surface area (Å²) in [6, 6.07) is 9.87. The number of carbonyl (C=O) groups excluding carboxylic acids is 1. The van der Waals surface area contributed by atoms with Crippen LogP contribution in [0.3, 0.4) is 0 Å². The molecule has 0 N–H and O–H groups in total. The van der Waals surface area contributed by atoms with Crippen molar-refractivity contribution in [3.63, 3.8) is 0 Å². The molecule has 0 unspecified atom stereocenters. The lowest BCUT2D eigenvalue weighted by atomic mass is 10.1. The van der Waals surface area contributed by atoms with Crippen molar-refractivity contribution in [3.8, 4) is 5.75 Å². The van der Waals surface area contributed by atoms with Crippen molar-refractivity contribution in [1.29, 1.82) is 0 Å². The summed E-state index contributed by atoms with van der Waals surface area (Å²) in [7, 11) is 1.42. The van der Waals surface area contributed by atoms with Crippen LogP contribution >= 0.6 is 0 Å². The minimum absolute atomic E-state index is 0.242. The molecule has 1 aromatic heterocycles. The van der Waals surface area contributed by atoms with E-state index in [4.69, 9.17) is 9.47 Å². The standard InChI is InChI=1S/C18H20N2O3/c1-22-18(21)15-7-4-10-20(13-15)11-12-23-16-8-2-5-14-6-3-9-19-17(14)16/h2-3,5-9H,4,10-13H2,1H3. The van der Waals surface area contributed by atoms with Crippen LogP contribution in [0, 0.1) is 0 Å². The van der Waals surface area contributed by atoms with E-state index in [1.807, 2.05) is 36.4 Å². The highest BCUT2D eigenvalue weighted by atomic mass is 16.5. The van der Waals surface area contributed by atoms with Crippen LogP contribution in [0.15, 0.2) is 48.2 Å². The minimum atomic E-state index is -0.242. The van der Waals surface area contributed by atoms with Crippen molar-refractivity contribution in [2.24, 2.45) is 0 Å². The molecule has 120 valence electrons. The van der Waals surface area contributed by atoms with Crippen molar-refractivity contribution < 1.29 is 14.3 Å². The highest BCUT2D eigenvalue weighted by Gasteiger charge is 2.18. The van der Waals surface area contributed by atoms with E-state index >= 15 is 0 Å². The predicted molar refractivity (Wildman–Crippen MR) is 88.4 cm³/mol. The van der Waals surface area contributed by atoms with Gasteiger partial charge < -0.3 is 9.47 Å². The molecular formula is C18H20N2O3. The molecule has 1 aromatic carbocycles. The van der Waals surface area contributed by atoms with Gasteiger partial charge in [0.15, 0.2) is 0 Å². The number of pyridine rings is 1. The Morgan fingerprint density at radius 1 is 1.30 bits per heavy atom. The van der Waals surface area contributed by atoms with E-state index in [1.54, 1.807) is 6.20 Å². The molecule has 5 heteroatoms. The molecule has 1 aliphatic heterocycles. The van der Waals surface area contributed by atoms with E-state index in [1.165, 1.54) is 7.11 Å². The quantitative estimate of drug-likeness (QED) is 0.794. The van der Waals surface area contributed by atoms with E-state index in [0.29, 0.717) is 13.2 Å². The van der Waals surface area contributed by atoms with Crippen LogP contribution in [0.5, 0.6) is 5.75 Å². The summed E-state index contributed by atoms with van der Waals surface area (Å²) in [6.45, 7) is 2.86. The summed E-state index contributed by atoms with van der Waals surface area (Å²) in [5.41, 5.74) is 1.61. The van der Waals surface area contributed by atoms with Crippen LogP contribution in [-0.2, 0) is 9.53 Å². The van der Waals surface area contributed by atoms with Crippen LogP contribution in [0.1, 0.15) is 6.42 Å². The zero-order valence-electron chi connectivity index (χ0n) is 13.2. The van der Waals surface area contributed by atoms with Crippen molar-refractivity contribution in [2.45, 2.75) is 6.42 Å². The van der Waals surface area contributed by atoms with Gasteiger partial charge in [0.2, 0.25) is 0 Å². The van der Waals surface area contributed by atoms with Gasteiger partial charge >= 0.3 is 5.97 Å². The molecule has 0 amide bonds. The fourth-order valence-corrected chi connectivity index (χ4v) is 2.75. The molecule has 23 heavy (non-hydrogen) atoms. The Kier molecular flexibility index (Phi) is 4.88. The molecule has 0 bridgehead atoms. The maximum absolute atomic E-state index is 11.6. The molecule has 0 radical (unpaired) electrons. The Morgan fingerprint density at radius 3 is 3.04 bits per heavy atom. The molecule has 0 fully saturated rings. The number of hydrogen-bond donors (Lipinski definition) is 0. The Hall–Kier alpha value is -2.40. The maximum Gasteiger partial charge on any atom is 0.334 e. The number of carbonyl (C=O) groups is 1. The van der Waals surface area contributed by atoms with Crippen LogP contribution in [0.4, 0.5) is 0 Å². The Morgan fingerprint density at radius 2 is 2.17 bits per heavy atom. The molecule has 3 rings (SSSR count). The van der Waals surface area contributed by atoms with Crippen molar-refractivity contribution in [1.82, 2.24) is 9.88 Å². The lowest BCUT2D eigenvalue weighted by Gasteiger charge is -2.26. The van der Waals surface area contributed by atoms with Crippen LogP contribution in [-0.4, -0.2) is 49.2 Å². The lowest BCUT2D eigenvalue weighted by Crippen LogP contribution is -2.35. The van der Waals surface area contributed by atoms with E-state index in [2.05, 4.69) is 9.88 Å². The molecule has 0 atom stereocenters. The minimum Gasteiger partial charge on any atom is -0.490 e. The second kappa shape index (κ2) is 7.24. The van der Waals surface area contributed by atoms with Gasteiger partial charge in [-0.1, -0.05) is 24.3 Å². The first-order valence-corrected chi connectivity index (χ1v) is 7.74. The third kappa shape index (κ3) is 3.68. The second-order valence-electron chi connectivity index (χ2n) is 5.47. The molecule has 1 aliphatic rings. The van der Waals surface area contributed by atoms with Gasteiger partial charge in [-0.25, -0.2) is 4.79 Å². The van der Waals surface area contributed by atoms with Crippen molar-refractivity contribution in [3.05, 3.63) is 48.2 Å². The number of para-hydroxylation sites is 1. The van der Waals surface area contributed by atoms with Gasteiger partial charge in [-0.2, -0.15) is 0 Å². The topological polar surface area (TPSA) is 51.7 Å². The van der Waals surface area contributed by atoms with Gasteiger partial charge in [-0.05, 0) is 18.6 Å². The van der Waals surface area contributed by atoms with Gasteiger partial charge in [-0.15, -0.1) is 0 Å². The number of nitrogens with zero attached hydrogens (tertiary/aromatic N) is 2. The number of rotatable bonds is 5. The number of aromatic nitrogens is 1. The molecule has 5 nitrogen and oxygen atoms in total. The Labute approximate surface area is 135 Å². The molecule has 0 saturated carbocycles. The Bertz CT molecular complexity index is 722. The van der Waals surface area contributed by atoms with Gasteiger partial charge in [0.05, 0.1) is 7.11 Å². The average Bonchev–Trinajstić information content (AvgIpc) is 2.61. The van der Waals surface area contributed by atoms with Gasteiger partial charge in [0.1, 0.15) is 17.9 Å². The molecule has 2 aromatic rings. The smallest absolute Gasteiger partial charge is 0.334 e. The van der Waals surface area contributed by atoms with Crippen LogP contribution in [0.25, 0.3) is 10.9 Å². The van der Waals surface area contributed by atoms with Gasteiger partial charge in [0.25, 0.3) is 0 Å². The SMILES string of the molecule is COC(=O)C1=CCCN(CCOc2cccc3cccnc23)C1. The summed E-state index contributed by atoms with van der Waals surface area (Å²) in [5, 5.41) is 1.07. The first-order valence-electron chi connectivity index (χ1n) is 7.74. The fourth-order valence-electron chi connectivity index (χ4n) is 2.75. The Balaban J connectivity index is 1.57. The zero-order chi connectivity index (χ0) is 16.1. The van der Waals surface area contributed by atoms with E-state index in [0.717, 1.165) is 41.7 Å². The third-order valence-corrected chi connectivity index (χ3v) is 3.94. The molecule has 0 aliphatic carbocycles. The monoisotopic (exact) mass is 312 g/mol. The third-order valence-electron chi connectivity index (χ3n) is 3.94. The predicted octanol–water partition coefficient (Wildman–Crippen LogP) is 2.42. The fraction of sp³-hybridized carbons (Fsp3) is 0.333. The van der Waals surface area contributed by atoms with Gasteiger partial charge in [-0.3, -0.25) is 9.88 Å². The molecule has 2 heterocycles. The van der Waals surface area contributed by atoms with Crippen LogP contribution < -0.4 is 4.74 Å². The molecular weight excluding hydrogens is 292 g/mol. The largest absolute Gasteiger partial charge is 0.490 e. The number of esters is 1. The first kappa shape index (κ1) is 15.5. The average molecular weight is 312 g/mol. The lowest BCUT2D eigenvalue weighted by molar-refractivity contribution is -0.136. The van der Waals surface area contributed by atoms with Crippen LogP contribution in [0.2, 0.25) is 0 Å². The number of benzene rings is 1. The zero-order valence-corrected chi connectivity index (χ0v) is 13.2. The number of methoxy groups -OCH3 is 1. The second-order valence-corrected chi connectivity index (χ2v) is 5.47. The van der Waals surface area contributed by atoms with E-state index in [-0.39, 0.29) is 5.97 Å².